The normalized spacial score (nSPS) is 13.8. The number of carbonyl (C=O) groups is 1. The van der Waals surface area contributed by atoms with Gasteiger partial charge in [-0.15, -0.1) is 0 Å². The number of hydrogen-bond acceptors (Lipinski definition) is 3. The molecule has 0 aliphatic rings. The standard InChI is InChI=1S/C15H23FN2O2/c1-4-14(12-5-7-13(16)8-6-12)18-11(2)15(19)17-9-10-20-3/h5-8,11,14,18H,4,9-10H2,1-3H3,(H,17,19). The van der Waals surface area contributed by atoms with E-state index < -0.39 is 0 Å². The third kappa shape index (κ3) is 5.27. The van der Waals surface area contributed by atoms with Gasteiger partial charge in [0.1, 0.15) is 5.82 Å². The molecule has 2 N–H and O–H groups in total. The highest BCUT2D eigenvalue weighted by Crippen LogP contribution is 2.17. The maximum absolute atomic E-state index is 12.9. The van der Waals surface area contributed by atoms with Crippen LogP contribution in [0.5, 0.6) is 0 Å². The van der Waals surface area contributed by atoms with E-state index in [1.165, 1.54) is 12.1 Å². The van der Waals surface area contributed by atoms with E-state index >= 15 is 0 Å². The summed E-state index contributed by atoms with van der Waals surface area (Å²) in [5.74, 6) is -0.323. The molecule has 0 saturated heterocycles. The van der Waals surface area contributed by atoms with Crippen LogP contribution in [0, 0.1) is 5.82 Å². The summed E-state index contributed by atoms with van der Waals surface area (Å²) in [6.07, 6.45) is 0.821. The molecular formula is C15H23FN2O2. The summed E-state index contributed by atoms with van der Waals surface area (Å²) in [6, 6.07) is 6.06. The Balaban J connectivity index is 2.54. The van der Waals surface area contributed by atoms with Gasteiger partial charge in [0.05, 0.1) is 12.6 Å². The van der Waals surface area contributed by atoms with Gasteiger partial charge >= 0.3 is 0 Å². The Hall–Kier alpha value is -1.46. The lowest BCUT2D eigenvalue weighted by atomic mass is 10.0. The number of nitrogens with one attached hydrogen (secondary N) is 2. The Kier molecular flexibility index (Phi) is 7.18. The second-order valence-corrected chi connectivity index (χ2v) is 4.68. The summed E-state index contributed by atoms with van der Waals surface area (Å²) in [5.41, 5.74) is 0.977. The molecule has 0 bridgehead atoms. The number of benzene rings is 1. The zero-order valence-corrected chi connectivity index (χ0v) is 12.3. The van der Waals surface area contributed by atoms with Crippen LogP contribution in [0.3, 0.4) is 0 Å². The van der Waals surface area contributed by atoms with Gasteiger partial charge in [0.25, 0.3) is 0 Å². The highest BCUT2D eigenvalue weighted by atomic mass is 19.1. The van der Waals surface area contributed by atoms with E-state index in [-0.39, 0.29) is 23.8 Å². The van der Waals surface area contributed by atoms with E-state index in [1.54, 1.807) is 19.2 Å². The van der Waals surface area contributed by atoms with Gasteiger partial charge in [0, 0.05) is 19.7 Å². The summed E-state index contributed by atoms with van der Waals surface area (Å²) < 4.78 is 17.8. The Bertz CT molecular complexity index is 409. The Morgan fingerprint density at radius 2 is 2.00 bits per heavy atom. The summed E-state index contributed by atoms with van der Waals surface area (Å²) in [6.45, 7) is 4.83. The highest BCUT2D eigenvalue weighted by molar-refractivity contribution is 5.81. The van der Waals surface area contributed by atoms with Crippen LogP contribution in [0.1, 0.15) is 31.9 Å². The molecule has 1 rings (SSSR count). The molecule has 0 aromatic heterocycles. The number of ether oxygens (including phenoxy) is 1. The molecule has 0 spiro atoms. The van der Waals surface area contributed by atoms with Crippen LogP contribution in [0.2, 0.25) is 0 Å². The molecule has 1 amide bonds. The van der Waals surface area contributed by atoms with Crippen molar-refractivity contribution in [3.63, 3.8) is 0 Å². The van der Waals surface area contributed by atoms with Gasteiger partial charge in [-0.3, -0.25) is 10.1 Å². The second-order valence-electron chi connectivity index (χ2n) is 4.68. The number of amides is 1. The fourth-order valence-corrected chi connectivity index (χ4v) is 1.95. The second kappa shape index (κ2) is 8.66. The molecule has 0 saturated carbocycles. The number of rotatable bonds is 8. The molecule has 0 fully saturated rings. The first-order chi connectivity index (χ1) is 9.58. The minimum absolute atomic E-state index is 0.0266. The minimum atomic E-state index is -0.318. The topological polar surface area (TPSA) is 50.4 Å². The van der Waals surface area contributed by atoms with Crippen LogP contribution >= 0.6 is 0 Å². The lowest BCUT2D eigenvalue weighted by molar-refractivity contribution is -0.123. The predicted molar refractivity (Wildman–Crippen MR) is 76.9 cm³/mol. The van der Waals surface area contributed by atoms with Crippen molar-refractivity contribution in [1.82, 2.24) is 10.6 Å². The van der Waals surface area contributed by atoms with E-state index in [2.05, 4.69) is 10.6 Å². The molecule has 2 atom stereocenters. The molecule has 2 unspecified atom stereocenters. The van der Waals surface area contributed by atoms with E-state index in [9.17, 15) is 9.18 Å². The maximum atomic E-state index is 12.9. The highest BCUT2D eigenvalue weighted by Gasteiger charge is 2.17. The molecular weight excluding hydrogens is 259 g/mol. The van der Waals surface area contributed by atoms with E-state index in [4.69, 9.17) is 4.74 Å². The van der Waals surface area contributed by atoms with Gasteiger partial charge in [0.15, 0.2) is 0 Å². The Morgan fingerprint density at radius 1 is 1.35 bits per heavy atom. The lowest BCUT2D eigenvalue weighted by Gasteiger charge is -2.22. The smallest absolute Gasteiger partial charge is 0.236 e. The Morgan fingerprint density at radius 3 is 2.55 bits per heavy atom. The van der Waals surface area contributed by atoms with Crippen molar-refractivity contribution >= 4 is 5.91 Å². The van der Waals surface area contributed by atoms with E-state index in [1.807, 2.05) is 13.8 Å². The molecule has 1 aromatic rings. The van der Waals surface area contributed by atoms with E-state index in [0.717, 1.165) is 12.0 Å². The van der Waals surface area contributed by atoms with Gasteiger partial charge in [-0.1, -0.05) is 19.1 Å². The first-order valence-electron chi connectivity index (χ1n) is 6.86. The molecule has 0 heterocycles. The molecule has 1 aromatic carbocycles. The van der Waals surface area contributed by atoms with Gasteiger partial charge in [-0.05, 0) is 31.0 Å². The lowest BCUT2D eigenvalue weighted by Crippen LogP contribution is -2.44. The SMILES string of the molecule is CCC(NC(C)C(=O)NCCOC)c1ccc(F)cc1. The van der Waals surface area contributed by atoms with Gasteiger partial charge in [0.2, 0.25) is 5.91 Å². The first-order valence-corrected chi connectivity index (χ1v) is 6.86. The summed E-state index contributed by atoms with van der Waals surface area (Å²) in [7, 11) is 1.59. The zero-order valence-electron chi connectivity index (χ0n) is 12.3. The average Bonchev–Trinajstić information content (AvgIpc) is 2.45. The molecule has 4 nitrogen and oxygen atoms in total. The van der Waals surface area contributed by atoms with Crippen molar-refractivity contribution in [2.75, 3.05) is 20.3 Å². The summed E-state index contributed by atoms with van der Waals surface area (Å²) in [5, 5.41) is 6.04. The van der Waals surface area contributed by atoms with E-state index in [0.29, 0.717) is 13.2 Å². The monoisotopic (exact) mass is 282 g/mol. The minimum Gasteiger partial charge on any atom is -0.383 e. The van der Waals surface area contributed by atoms with Crippen LogP contribution in [0.15, 0.2) is 24.3 Å². The molecule has 112 valence electrons. The number of halogens is 1. The van der Waals surface area contributed by atoms with Gasteiger partial charge in [-0.25, -0.2) is 4.39 Å². The quantitative estimate of drug-likeness (QED) is 0.717. The fourth-order valence-electron chi connectivity index (χ4n) is 1.95. The largest absolute Gasteiger partial charge is 0.383 e. The van der Waals surface area contributed by atoms with Crippen LogP contribution in [-0.4, -0.2) is 32.2 Å². The fraction of sp³-hybridized carbons (Fsp3) is 0.533. The van der Waals surface area contributed by atoms with Gasteiger partial charge < -0.3 is 10.1 Å². The van der Waals surface area contributed by atoms with Crippen LogP contribution in [-0.2, 0) is 9.53 Å². The first kappa shape index (κ1) is 16.6. The summed E-state index contributed by atoms with van der Waals surface area (Å²) >= 11 is 0. The maximum Gasteiger partial charge on any atom is 0.236 e. The van der Waals surface area contributed by atoms with Crippen LogP contribution in [0.25, 0.3) is 0 Å². The number of methoxy groups -OCH3 is 1. The molecule has 5 heteroatoms. The van der Waals surface area contributed by atoms with Crippen molar-refractivity contribution < 1.29 is 13.9 Å². The third-order valence-corrected chi connectivity index (χ3v) is 3.13. The zero-order chi connectivity index (χ0) is 15.0. The molecule has 0 aliphatic carbocycles. The van der Waals surface area contributed by atoms with Crippen LogP contribution in [0.4, 0.5) is 4.39 Å². The predicted octanol–water partition coefficient (Wildman–Crippen LogP) is 2.02. The van der Waals surface area contributed by atoms with Crippen molar-refractivity contribution in [1.29, 1.82) is 0 Å². The molecule has 0 aliphatic heterocycles. The van der Waals surface area contributed by atoms with Gasteiger partial charge in [-0.2, -0.15) is 0 Å². The summed E-state index contributed by atoms with van der Waals surface area (Å²) in [4.78, 5) is 11.9. The van der Waals surface area contributed by atoms with Crippen molar-refractivity contribution in [3.05, 3.63) is 35.6 Å². The third-order valence-electron chi connectivity index (χ3n) is 3.13. The van der Waals surface area contributed by atoms with Crippen molar-refractivity contribution in [2.24, 2.45) is 0 Å². The van der Waals surface area contributed by atoms with Crippen LogP contribution < -0.4 is 10.6 Å². The average molecular weight is 282 g/mol. The number of hydrogen-bond donors (Lipinski definition) is 2. The molecule has 20 heavy (non-hydrogen) atoms. The molecule has 0 radical (unpaired) electrons. The number of carbonyl (C=O) groups excluding carboxylic acids is 1. The Labute approximate surface area is 119 Å². The van der Waals surface area contributed by atoms with Crippen molar-refractivity contribution in [2.45, 2.75) is 32.4 Å². The van der Waals surface area contributed by atoms with Crippen molar-refractivity contribution in [3.8, 4) is 0 Å².